The molecule has 1 saturated carbocycles. The maximum atomic E-state index is 12.1. The largest absolute Gasteiger partial charge is 0.466 e. The van der Waals surface area contributed by atoms with E-state index in [1.165, 1.54) is 12.8 Å². The fraction of sp³-hybridized carbons (Fsp3) is 0.810. The lowest BCUT2D eigenvalue weighted by atomic mass is 9.98. The van der Waals surface area contributed by atoms with Gasteiger partial charge in [0.2, 0.25) is 0 Å². The third-order valence-electron chi connectivity index (χ3n) is 4.94. The van der Waals surface area contributed by atoms with Crippen LogP contribution in [0.15, 0.2) is 12.2 Å². The number of hydrogen-bond acceptors (Lipinski definition) is 6. The van der Waals surface area contributed by atoms with Crippen LogP contribution in [0.25, 0.3) is 0 Å². The van der Waals surface area contributed by atoms with E-state index < -0.39 is 6.04 Å². The lowest BCUT2D eigenvalue weighted by Gasteiger charge is -2.20. The molecule has 2 N–H and O–H groups in total. The van der Waals surface area contributed by atoms with Crippen molar-refractivity contribution in [1.82, 2.24) is 5.32 Å². The van der Waals surface area contributed by atoms with Gasteiger partial charge in [-0.1, -0.05) is 25.0 Å². The van der Waals surface area contributed by atoms with E-state index in [-0.39, 0.29) is 18.0 Å². The number of aliphatic hydroxyl groups is 1. The van der Waals surface area contributed by atoms with Gasteiger partial charge in [-0.2, -0.15) is 0 Å². The summed E-state index contributed by atoms with van der Waals surface area (Å²) >= 11 is 0. The molecule has 2 atom stereocenters. The summed E-state index contributed by atoms with van der Waals surface area (Å²) in [6, 6.07) is -0.401. The van der Waals surface area contributed by atoms with Gasteiger partial charge in [0.05, 0.1) is 19.3 Å². The summed E-state index contributed by atoms with van der Waals surface area (Å²) in [5.74, 6) is -0.0195. The molecule has 2 unspecified atom stereocenters. The summed E-state index contributed by atoms with van der Waals surface area (Å²) in [6.45, 7) is 4.96. The lowest BCUT2D eigenvalue weighted by Crippen LogP contribution is -2.39. The second-order valence-electron chi connectivity index (χ2n) is 7.06. The van der Waals surface area contributed by atoms with Crippen molar-refractivity contribution >= 4 is 11.9 Å². The Morgan fingerprint density at radius 3 is 2.52 bits per heavy atom. The van der Waals surface area contributed by atoms with Gasteiger partial charge in [-0.25, -0.2) is 0 Å². The van der Waals surface area contributed by atoms with E-state index in [1.54, 1.807) is 13.8 Å². The molecule has 156 valence electrons. The minimum Gasteiger partial charge on any atom is -0.466 e. The Kier molecular flexibility index (Phi) is 12.8. The highest BCUT2D eigenvalue weighted by molar-refractivity contribution is 5.76. The molecule has 27 heavy (non-hydrogen) atoms. The van der Waals surface area contributed by atoms with Crippen LogP contribution >= 0.6 is 0 Å². The minimum absolute atomic E-state index is 0.169. The van der Waals surface area contributed by atoms with E-state index in [2.05, 4.69) is 5.32 Å². The van der Waals surface area contributed by atoms with Gasteiger partial charge in [0.25, 0.3) is 0 Å². The number of esters is 2. The van der Waals surface area contributed by atoms with Gasteiger partial charge < -0.3 is 19.9 Å². The Bertz CT molecular complexity index is 446. The molecule has 0 bridgehead atoms. The molecule has 0 aromatic carbocycles. The summed E-state index contributed by atoms with van der Waals surface area (Å²) in [5, 5.41) is 13.5. The van der Waals surface area contributed by atoms with E-state index in [0.717, 1.165) is 25.7 Å². The molecule has 1 fully saturated rings. The number of rotatable bonds is 14. The van der Waals surface area contributed by atoms with Gasteiger partial charge in [-0.3, -0.25) is 9.59 Å². The smallest absolute Gasteiger partial charge is 0.323 e. The number of allylic oxidation sites excluding steroid dienone is 1. The lowest BCUT2D eigenvalue weighted by molar-refractivity contribution is -0.145. The molecule has 1 aliphatic rings. The van der Waals surface area contributed by atoms with Crippen molar-refractivity contribution in [3.05, 3.63) is 12.2 Å². The predicted molar refractivity (Wildman–Crippen MR) is 105 cm³/mol. The summed E-state index contributed by atoms with van der Waals surface area (Å²) in [5.41, 5.74) is 0. The minimum atomic E-state index is -0.401. The van der Waals surface area contributed by atoms with E-state index in [1.807, 2.05) is 12.2 Å². The number of nitrogens with one attached hydrogen (secondary N) is 1. The van der Waals surface area contributed by atoms with Crippen LogP contribution in [0.2, 0.25) is 0 Å². The summed E-state index contributed by atoms with van der Waals surface area (Å²) in [6.07, 6.45) is 11.4. The van der Waals surface area contributed by atoms with Gasteiger partial charge in [-0.15, -0.1) is 0 Å². The number of unbranched alkanes of at least 4 members (excludes halogenated alkanes) is 1. The molecule has 0 spiro atoms. The number of carbonyl (C=O) groups excluding carboxylic acids is 2. The average molecular weight is 384 g/mol. The van der Waals surface area contributed by atoms with Crippen LogP contribution < -0.4 is 5.32 Å². The zero-order valence-electron chi connectivity index (χ0n) is 17.0. The maximum absolute atomic E-state index is 12.1. The number of ether oxygens (including phenoxy) is 2. The molecule has 1 rings (SSSR count). The predicted octanol–water partition coefficient (Wildman–Crippen LogP) is 3.13. The first-order valence-electron chi connectivity index (χ1n) is 10.5. The molecule has 0 aliphatic heterocycles. The standard InChI is InChI=1S/C21H37NO5/c1-3-26-20(24)14-8-6-5-7-13-18(21(25)27-4-2)22-16-15-19(23)17-11-9-10-12-17/h5,7,17-19,22-23H,3-4,6,8-16H2,1-2H3/b7-5-. The average Bonchev–Trinajstić information content (AvgIpc) is 3.18. The zero-order valence-corrected chi connectivity index (χ0v) is 17.0. The van der Waals surface area contributed by atoms with Gasteiger partial charge >= 0.3 is 11.9 Å². The fourth-order valence-electron chi connectivity index (χ4n) is 3.44. The molecule has 6 nitrogen and oxygen atoms in total. The second kappa shape index (κ2) is 14.6. The van der Waals surface area contributed by atoms with Crippen molar-refractivity contribution in [2.24, 2.45) is 5.92 Å². The first-order chi connectivity index (χ1) is 13.1. The van der Waals surface area contributed by atoms with Gasteiger partial charge in [-0.05, 0) is 64.8 Å². The summed E-state index contributed by atoms with van der Waals surface area (Å²) < 4.78 is 10.0. The van der Waals surface area contributed by atoms with E-state index >= 15 is 0 Å². The van der Waals surface area contributed by atoms with Crippen molar-refractivity contribution in [3.8, 4) is 0 Å². The van der Waals surface area contributed by atoms with E-state index in [0.29, 0.717) is 44.9 Å². The Morgan fingerprint density at radius 1 is 1.15 bits per heavy atom. The molecule has 0 aromatic heterocycles. The number of carbonyl (C=O) groups is 2. The topological polar surface area (TPSA) is 84.9 Å². The highest BCUT2D eigenvalue weighted by Gasteiger charge is 2.24. The SMILES string of the molecule is CCOC(=O)CCC/C=C\CC(NCCC(O)C1CCCC1)C(=O)OCC. The number of aliphatic hydroxyl groups excluding tert-OH is 1. The molecule has 0 heterocycles. The van der Waals surface area contributed by atoms with Crippen LogP contribution in [0.3, 0.4) is 0 Å². The zero-order chi connectivity index (χ0) is 19.9. The van der Waals surface area contributed by atoms with Crippen molar-refractivity contribution in [2.45, 2.75) is 83.8 Å². The van der Waals surface area contributed by atoms with Crippen LogP contribution in [-0.4, -0.2) is 48.9 Å². The Hall–Kier alpha value is -1.40. The van der Waals surface area contributed by atoms with Crippen LogP contribution in [0, 0.1) is 5.92 Å². The maximum Gasteiger partial charge on any atom is 0.323 e. The Balaban J connectivity index is 2.30. The molecule has 0 amide bonds. The van der Waals surface area contributed by atoms with Gasteiger partial charge in [0, 0.05) is 6.42 Å². The first-order valence-corrected chi connectivity index (χ1v) is 10.5. The fourth-order valence-corrected chi connectivity index (χ4v) is 3.44. The van der Waals surface area contributed by atoms with Crippen LogP contribution in [0.1, 0.15) is 71.6 Å². The third-order valence-corrected chi connectivity index (χ3v) is 4.94. The molecule has 6 heteroatoms. The molecular weight excluding hydrogens is 346 g/mol. The Morgan fingerprint density at radius 2 is 1.85 bits per heavy atom. The highest BCUT2D eigenvalue weighted by atomic mass is 16.5. The van der Waals surface area contributed by atoms with Crippen LogP contribution in [-0.2, 0) is 19.1 Å². The molecule has 0 radical (unpaired) electrons. The Labute approximate surface area is 163 Å². The third kappa shape index (κ3) is 10.5. The molecular formula is C21H37NO5. The summed E-state index contributed by atoms with van der Waals surface area (Å²) in [7, 11) is 0. The van der Waals surface area contributed by atoms with E-state index in [9.17, 15) is 14.7 Å². The molecule has 1 aliphatic carbocycles. The highest BCUT2D eigenvalue weighted by Crippen LogP contribution is 2.28. The van der Waals surface area contributed by atoms with Crippen molar-refractivity contribution in [1.29, 1.82) is 0 Å². The summed E-state index contributed by atoms with van der Waals surface area (Å²) in [4.78, 5) is 23.4. The monoisotopic (exact) mass is 383 g/mol. The van der Waals surface area contributed by atoms with Crippen molar-refractivity contribution in [3.63, 3.8) is 0 Å². The van der Waals surface area contributed by atoms with Crippen molar-refractivity contribution < 1.29 is 24.2 Å². The quantitative estimate of drug-likeness (QED) is 0.272. The van der Waals surface area contributed by atoms with Crippen LogP contribution in [0.4, 0.5) is 0 Å². The first kappa shape index (κ1) is 23.6. The van der Waals surface area contributed by atoms with Gasteiger partial charge in [0.1, 0.15) is 6.04 Å². The van der Waals surface area contributed by atoms with Crippen molar-refractivity contribution in [2.75, 3.05) is 19.8 Å². The normalized spacial score (nSPS) is 17.1. The second-order valence-corrected chi connectivity index (χ2v) is 7.06. The molecule has 0 saturated heterocycles. The van der Waals surface area contributed by atoms with E-state index in [4.69, 9.17) is 9.47 Å². The molecule has 0 aromatic rings. The van der Waals surface area contributed by atoms with Gasteiger partial charge in [0.15, 0.2) is 0 Å². The number of hydrogen-bond donors (Lipinski definition) is 2. The van der Waals surface area contributed by atoms with Crippen LogP contribution in [0.5, 0.6) is 0 Å².